The summed E-state index contributed by atoms with van der Waals surface area (Å²) in [4.78, 5) is 26.6. The second-order valence-corrected chi connectivity index (χ2v) is 6.97. The van der Waals surface area contributed by atoms with Gasteiger partial charge in [0.15, 0.2) is 0 Å². The Morgan fingerprint density at radius 3 is 2.75 bits per heavy atom. The van der Waals surface area contributed by atoms with Crippen LogP contribution < -0.4 is 10.6 Å². The van der Waals surface area contributed by atoms with E-state index in [2.05, 4.69) is 10.6 Å². The number of piperidine rings is 1. The second-order valence-electron chi connectivity index (χ2n) is 6.15. The van der Waals surface area contributed by atoms with Crippen LogP contribution in [0.15, 0.2) is 18.2 Å². The van der Waals surface area contributed by atoms with E-state index in [9.17, 15) is 9.59 Å². The summed E-state index contributed by atoms with van der Waals surface area (Å²) in [5.74, 6) is -0.284. The summed E-state index contributed by atoms with van der Waals surface area (Å²) in [7, 11) is 1.86. The van der Waals surface area contributed by atoms with Crippen LogP contribution in [0.3, 0.4) is 0 Å². The molecule has 0 saturated carbocycles. The number of amides is 2. The SMILES string of the molecule is CNC(C)CNC(=O)C1CCCN(C(=O)c2ccc(Cl)c(Cl)c2)C1. The van der Waals surface area contributed by atoms with Gasteiger partial charge in [-0.3, -0.25) is 9.59 Å². The molecule has 2 atom stereocenters. The maximum absolute atomic E-state index is 12.6. The van der Waals surface area contributed by atoms with Crippen LogP contribution in [0.25, 0.3) is 0 Å². The fourth-order valence-electron chi connectivity index (χ4n) is 2.69. The highest BCUT2D eigenvalue weighted by Crippen LogP contribution is 2.25. The van der Waals surface area contributed by atoms with Crippen LogP contribution in [0.2, 0.25) is 10.0 Å². The van der Waals surface area contributed by atoms with Gasteiger partial charge in [0.25, 0.3) is 5.91 Å². The van der Waals surface area contributed by atoms with Crippen LogP contribution in [0.1, 0.15) is 30.1 Å². The molecule has 2 rings (SSSR count). The Morgan fingerprint density at radius 1 is 1.33 bits per heavy atom. The third-order valence-corrected chi connectivity index (χ3v) is 5.06. The van der Waals surface area contributed by atoms with E-state index in [1.165, 1.54) is 0 Å². The van der Waals surface area contributed by atoms with Gasteiger partial charge in [-0.05, 0) is 45.0 Å². The summed E-state index contributed by atoms with van der Waals surface area (Å²) in [6, 6.07) is 5.07. The van der Waals surface area contributed by atoms with Crippen LogP contribution in [0.5, 0.6) is 0 Å². The van der Waals surface area contributed by atoms with Gasteiger partial charge in [0, 0.05) is 31.2 Å². The van der Waals surface area contributed by atoms with E-state index in [0.717, 1.165) is 12.8 Å². The minimum absolute atomic E-state index is 0.00346. The Hall–Kier alpha value is -1.30. The number of hydrogen-bond acceptors (Lipinski definition) is 3. The molecule has 0 bridgehead atoms. The van der Waals surface area contributed by atoms with E-state index in [4.69, 9.17) is 23.2 Å². The number of nitrogens with one attached hydrogen (secondary N) is 2. The van der Waals surface area contributed by atoms with Crippen molar-refractivity contribution in [2.24, 2.45) is 5.92 Å². The molecule has 0 radical (unpaired) electrons. The first kappa shape index (κ1) is 19.0. The zero-order valence-electron chi connectivity index (χ0n) is 13.9. The van der Waals surface area contributed by atoms with Gasteiger partial charge in [0.2, 0.25) is 5.91 Å². The maximum atomic E-state index is 12.6. The molecule has 1 fully saturated rings. The molecule has 0 aromatic heterocycles. The molecule has 0 aliphatic carbocycles. The van der Waals surface area contributed by atoms with Gasteiger partial charge in [0.1, 0.15) is 0 Å². The van der Waals surface area contributed by atoms with E-state index in [-0.39, 0.29) is 23.8 Å². The van der Waals surface area contributed by atoms with E-state index in [1.54, 1.807) is 23.1 Å². The van der Waals surface area contributed by atoms with Crippen molar-refractivity contribution >= 4 is 35.0 Å². The normalized spacial score (nSPS) is 19.0. The van der Waals surface area contributed by atoms with Gasteiger partial charge in [-0.1, -0.05) is 23.2 Å². The number of hydrogen-bond donors (Lipinski definition) is 2. The average molecular weight is 372 g/mol. The van der Waals surface area contributed by atoms with Crippen LogP contribution in [0, 0.1) is 5.92 Å². The molecule has 1 aliphatic rings. The lowest BCUT2D eigenvalue weighted by Gasteiger charge is -2.32. The Labute approximate surface area is 152 Å². The molecule has 2 unspecified atom stereocenters. The second kappa shape index (κ2) is 8.70. The third kappa shape index (κ3) is 4.85. The zero-order chi connectivity index (χ0) is 17.7. The van der Waals surface area contributed by atoms with Gasteiger partial charge < -0.3 is 15.5 Å². The first-order chi connectivity index (χ1) is 11.4. The smallest absolute Gasteiger partial charge is 0.253 e. The Kier molecular flexibility index (Phi) is 6.90. The number of rotatable bonds is 5. The highest BCUT2D eigenvalue weighted by Gasteiger charge is 2.29. The lowest BCUT2D eigenvalue weighted by atomic mass is 9.96. The van der Waals surface area contributed by atoms with Crippen molar-refractivity contribution in [3.63, 3.8) is 0 Å². The quantitative estimate of drug-likeness (QED) is 0.835. The fraction of sp³-hybridized carbons (Fsp3) is 0.529. The molecule has 5 nitrogen and oxygen atoms in total. The van der Waals surface area contributed by atoms with Crippen LogP contribution >= 0.6 is 23.2 Å². The number of halogens is 2. The predicted octanol–water partition coefficient (Wildman–Crippen LogP) is 2.57. The molecule has 1 heterocycles. The van der Waals surface area contributed by atoms with Crippen molar-refractivity contribution in [2.75, 3.05) is 26.7 Å². The van der Waals surface area contributed by atoms with Crippen molar-refractivity contribution in [2.45, 2.75) is 25.8 Å². The van der Waals surface area contributed by atoms with Crippen molar-refractivity contribution in [1.82, 2.24) is 15.5 Å². The lowest BCUT2D eigenvalue weighted by molar-refractivity contribution is -0.126. The molecular formula is C17H23Cl2N3O2. The van der Waals surface area contributed by atoms with Gasteiger partial charge in [0.05, 0.1) is 16.0 Å². The average Bonchev–Trinajstić information content (AvgIpc) is 2.61. The van der Waals surface area contributed by atoms with Crippen molar-refractivity contribution in [3.05, 3.63) is 33.8 Å². The molecule has 2 N–H and O–H groups in total. The minimum Gasteiger partial charge on any atom is -0.354 e. The third-order valence-electron chi connectivity index (χ3n) is 4.32. The van der Waals surface area contributed by atoms with E-state index in [0.29, 0.717) is 35.2 Å². The van der Waals surface area contributed by atoms with Crippen molar-refractivity contribution in [1.29, 1.82) is 0 Å². The van der Waals surface area contributed by atoms with E-state index in [1.807, 2.05) is 14.0 Å². The van der Waals surface area contributed by atoms with Crippen LogP contribution in [0.4, 0.5) is 0 Å². The van der Waals surface area contributed by atoms with E-state index >= 15 is 0 Å². The molecule has 24 heavy (non-hydrogen) atoms. The molecule has 2 amide bonds. The Morgan fingerprint density at radius 2 is 2.08 bits per heavy atom. The number of likely N-dealkylation sites (N-methyl/N-ethyl adjacent to an activating group) is 1. The number of carbonyl (C=O) groups is 2. The number of benzene rings is 1. The number of likely N-dealkylation sites (tertiary alicyclic amines) is 1. The molecule has 1 aromatic carbocycles. The van der Waals surface area contributed by atoms with E-state index < -0.39 is 0 Å². The van der Waals surface area contributed by atoms with Gasteiger partial charge in [-0.15, -0.1) is 0 Å². The monoisotopic (exact) mass is 371 g/mol. The largest absolute Gasteiger partial charge is 0.354 e. The molecule has 1 saturated heterocycles. The molecular weight excluding hydrogens is 349 g/mol. The fourth-order valence-corrected chi connectivity index (χ4v) is 2.99. The Balaban J connectivity index is 1.97. The Bertz CT molecular complexity index is 609. The first-order valence-electron chi connectivity index (χ1n) is 8.11. The summed E-state index contributed by atoms with van der Waals surface area (Å²) in [5.41, 5.74) is 0.495. The summed E-state index contributed by atoms with van der Waals surface area (Å²) in [5, 5.41) is 6.80. The van der Waals surface area contributed by atoms with Crippen molar-refractivity contribution in [3.8, 4) is 0 Å². The highest BCUT2D eigenvalue weighted by atomic mass is 35.5. The predicted molar refractivity (Wildman–Crippen MR) is 96.6 cm³/mol. The highest BCUT2D eigenvalue weighted by molar-refractivity contribution is 6.42. The van der Waals surface area contributed by atoms with Crippen molar-refractivity contribution < 1.29 is 9.59 Å². The molecule has 132 valence electrons. The minimum atomic E-state index is -0.172. The van der Waals surface area contributed by atoms with Gasteiger partial charge in [-0.25, -0.2) is 0 Å². The zero-order valence-corrected chi connectivity index (χ0v) is 15.5. The number of nitrogens with zero attached hydrogens (tertiary/aromatic N) is 1. The van der Waals surface area contributed by atoms with Crippen LogP contribution in [-0.2, 0) is 4.79 Å². The number of carbonyl (C=O) groups excluding carboxylic acids is 2. The first-order valence-corrected chi connectivity index (χ1v) is 8.87. The summed E-state index contributed by atoms with van der Waals surface area (Å²) >= 11 is 11.9. The van der Waals surface area contributed by atoms with Crippen LogP contribution in [-0.4, -0.2) is 49.4 Å². The maximum Gasteiger partial charge on any atom is 0.253 e. The molecule has 1 aliphatic heterocycles. The van der Waals surface area contributed by atoms with Gasteiger partial charge >= 0.3 is 0 Å². The molecule has 7 heteroatoms. The summed E-state index contributed by atoms with van der Waals surface area (Å²) < 4.78 is 0. The summed E-state index contributed by atoms with van der Waals surface area (Å²) in [6.07, 6.45) is 1.61. The standard InChI is InChI=1S/C17H23Cl2N3O2/c1-11(20-2)9-21-16(23)13-4-3-7-22(10-13)17(24)12-5-6-14(18)15(19)8-12/h5-6,8,11,13,20H,3-4,7,9-10H2,1-2H3,(H,21,23). The van der Waals surface area contributed by atoms with Gasteiger partial charge in [-0.2, -0.15) is 0 Å². The molecule has 1 aromatic rings. The summed E-state index contributed by atoms with van der Waals surface area (Å²) in [6.45, 7) is 3.66. The molecule has 0 spiro atoms. The topological polar surface area (TPSA) is 61.4 Å². The lowest BCUT2D eigenvalue weighted by Crippen LogP contribution is -2.47.